The predicted octanol–water partition coefficient (Wildman–Crippen LogP) is 4.35. The van der Waals surface area contributed by atoms with Crippen molar-refractivity contribution in [3.8, 4) is 0 Å². The number of rotatable bonds is 2. The van der Waals surface area contributed by atoms with Gasteiger partial charge in [0.05, 0.1) is 23.9 Å². The van der Waals surface area contributed by atoms with E-state index in [1.54, 1.807) is 6.92 Å². The molecule has 0 aromatic rings. The maximum atomic E-state index is 11.9. The fourth-order valence-corrected chi connectivity index (χ4v) is 6.90. The lowest BCUT2D eigenvalue weighted by molar-refractivity contribution is -0.174. The summed E-state index contributed by atoms with van der Waals surface area (Å²) in [4.78, 5) is 11.9. The Morgan fingerprint density at radius 1 is 1.15 bits per heavy atom. The maximum Gasteiger partial charge on any atom is 0.303 e. The van der Waals surface area contributed by atoms with E-state index >= 15 is 0 Å². The highest BCUT2D eigenvalue weighted by molar-refractivity contribution is 5.66. The molecule has 1 aliphatic carbocycles. The van der Waals surface area contributed by atoms with Gasteiger partial charge in [-0.1, -0.05) is 20.8 Å². The van der Waals surface area contributed by atoms with E-state index < -0.39 is 5.60 Å². The third-order valence-electron chi connectivity index (χ3n) is 8.08. The van der Waals surface area contributed by atoms with Gasteiger partial charge in [0, 0.05) is 18.8 Å². The van der Waals surface area contributed by atoms with Gasteiger partial charge in [-0.2, -0.15) is 0 Å². The zero-order valence-corrected chi connectivity index (χ0v) is 17.3. The second-order valence-electron chi connectivity index (χ2n) is 10.3. The summed E-state index contributed by atoms with van der Waals surface area (Å²) in [5.41, 5.74) is -0.612. The Balaban J connectivity index is 1.78. The summed E-state index contributed by atoms with van der Waals surface area (Å²) < 4.78 is 19.4. The van der Waals surface area contributed by atoms with Gasteiger partial charge in [-0.25, -0.2) is 0 Å². The molecular weight excluding hydrogens is 328 g/mol. The topological polar surface area (TPSA) is 44.8 Å². The van der Waals surface area contributed by atoms with Crippen molar-refractivity contribution in [3.63, 3.8) is 0 Å². The molecule has 0 aromatic heterocycles. The van der Waals surface area contributed by atoms with Crippen molar-refractivity contribution in [1.29, 1.82) is 0 Å². The summed E-state index contributed by atoms with van der Waals surface area (Å²) in [6, 6.07) is 0. The number of ether oxygens (including phenoxy) is 3. The van der Waals surface area contributed by atoms with Crippen LogP contribution in [0.4, 0.5) is 0 Å². The minimum Gasteiger partial charge on any atom is -0.459 e. The quantitative estimate of drug-likeness (QED) is 0.683. The Bertz CT molecular complexity index is 574. The van der Waals surface area contributed by atoms with Crippen molar-refractivity contribution in [2.24, 2.45) is 29.6 Å². The van der Waals surface area contributed by atoms with E-state index in [2.05, 4.69) is 34.6 Å². The Morgan fingerprint density at radius 3 is 2.54 bits per heavy atom. The summed E-state index contributed by atoms with van der Waals surface area (Å²) in [5.74, 6) is 2.22. The van der Waals surface area contributed by atoms with Crippen LogP contribution in [0.1, 0.15) is 73.6 Å². The molecule has 0 amide bonds. The first-order valence-corrected chi connectivity index (χ1v) is 10.7. The molecule has 1 saturated carbocycles. The lowest BCUT2D eigenvalue weighted by Gasteiger charge is -2.49. The van der Waals surface area contributed by atoms with E-state index in [-0.39, 0.29) is 29.7 Å². The average Bonchev–Trinajstić information content (AvgIpc) is 3.10. The zero-order chi connectivity index (χ0) is 18.9. The molecule has 4 aliphatic rings. The van der Waals surface area contributed by atoms with Gasteiger partial charge < -0.3 is 14.2 Å². The number of carbonyl (C=O) groups excluding carboxylic acids is 1. The predicted molar refractivity (Wildman–Crippen MR) is 99.7 cm³/mol. The molecule has 0 radical (unpaired) electrons. The van der Waals surface area contributed by atoms with Crippen LogP contribution in [-0.4, -0.2) is 35.5 Å². The van der Waals surface area contributed by atoms with Gasteiger partial charge in [0.25, 0.3) is 0 Å². The molecule has 4 heteroatoms. The first-order chi connectivity index (χ1) is 12.1. The summed E-state index contributed by atoms with van der Waals surface area (Å²) >= 11 is 0. The van der Waals surface area contributed by atoms with Crippen LogP contribution in [0.25, 0.3) is 0 Å². The Hall–Kier alpha value is -0.610. The summed E-state index contributed by atoms with van der Waals surface area (Å²) in [6.07, 6.45) is 5.94. The van der Waals surface area contributed by atoms with E-state index in [1.165, 1.54) is 0 Å². The molecule has 4 fully saturated rings. The molecule has 4 nitrogen and oxygen atoms in total. The smallest absolute Gasteiger partial charge is 0.303 e. The summed E-state index contributed by atoms with van der Waals surface area (Å²) in [6.45, 7) is 13.0. The third-order valence-corrected chi connectivity index (χ3v) is 8.08. The highest BCUT2D eigenvalue weighted by Crippen LogP contribution is 2.60. The molecule has 3 aliphatic heterocycles. The van der Waals surface area contributed by atoms with Gasteiger partial charge in [-0.3, -0.25) is 4.79 Å². The van der Waals surface area contributed by atoms with Gasteiger partial charge in [-0.15, -0.1) is 0 Å². The van der Waals surface area contributed by atoms with Crippen molar-refractivity contribution in [2.45, 2.75) is 103 Å². The largest absolute Gasteiger partial charge is 0.459 e. The molecule has 9 atom stereocenters. The SMILES string of the molecule is CC(=O)O[C@]1(C)CC[C@H](C(C)C)[C@@H]2[C@H]1[C@H]1CC(C)[C@@H]3CC[C@@](C)(O3)[C@@H]2O1. The second-order valence-corrected chi connectivity index (χ2v) is 10.3. The van der Waals surface area contributed by atoms with E-state index in [0.29, 0.717) is 29.8 Å². The molecule has 0 spiro atoms. The van der Waals surface area contributed by atoms with Gasteiger partial charge in [-0.05, 0) is 63.7 Å². The molecule has 3 saturated heterocycles. The lowest BCUT2D eigenvalue weighted by Crippen LogP contribution is -2.55. The molecular formula is C22H36O4. The first kappa shape index (κ1) is 18.7. The van der Waals surface area contributed by atoms with Crippen molar-refractivity contribution in [3.05, 3.63) is 0 Å². The summed E-state index contributed by atoms with van der Waals surface area (Å²) in [7, 11) is 0. The number of hydrogen-bond donors (Lipinski definition) is 0. The molecule has 4 bridgehead atoms. The van der Waals surface area contributed by atoms with E-state index in [0.717, 1.165) is 32.1 Å². The normalized spacial score (nSPS) is 53.1. The number of hydrogen-bond acceptors (Lipinski definition) is 4. The molecule has 26 heavy (non-hydrogen) atoms. The number of esters is 1. The molecule has 0 N–H and O–H groups in total. The number of carbonyl (C=O) groups is 1. The molecule has 148 valence electrons. The van der Waals surface area contributed by atoms with E-state index in [9.17, 15) is 4.79 Å². The number of fused-ring (bicyclic) bond motifs is 8. The minimum absolute atomic E-state index is 0.123. The lowest BCUT2D eigenvalue weighted by atomic mass is 9.57. The second kappa shape index (κ2) is 6.20. The van der Waals surface area contributed by atoms with Crippen LogP contribution in [0.3, 0.4) is 0 Å². The maximum absolute atomic E-state index is 11.9. The molecule has 3 heterocycles. The van der Waals surface area contributed by atoms with Crippen molar-refractivity contribution < 1.29 is 19.0 Å². The fraction of sp³-hybridized carbons (Fsp3) is 0.955. The van der Waals surface area contributed by atoms with Crippen LogP contribution < -0.4 is 0 Å². The monoisotopic (exact) mass is 364 g/mol. The Kier molecular flexibility index (Phi) is 4.47. The van der Waals surface area contributed by atoms with Crippen molar-refractivity contribution in [1.82, 2.24) is 0 Å². The average molecular weight is 365 g/mol. The standard InChI is InChI=1S/C22H36O4/c1-12(2)15-7-9-21(5,25-14(4)23)19-17-11-13(3)16-8-10-22(6,26-16)20(24-17)18(15)19/h12-13,15-20H,7-11H2,1-6H3/t13?,15-,16+,17-,18-,19-,20-,21-,22-/m1/s1. The van der Waals surface area contributed by atoms with Crippen LogP contribution >= 0.6 is 0 Å². The fourth-order valence-electron chi connectivity index (χ4n) is 6.90. The van der Waals surface area contributed by atoms with Crippen LogP contribution in [0, 0.1) is 29.6 Å². The van der Waals surface area contributed by atoms with E-state index in [1.807, 2.05) is 0 Å². The van der Waals surface area contributed by atoms with Crippen LogP contribution in [0.2, 0.25) is 0 Å². The first-order valence-electron chi connectivity index (χ1n) is 10.7. The van der Waals surface area contributed by atoms with Gasteiger partial charge in [0.15, 0.2) is 0 Å². The van der Waals surface area contributed by atoms with Crippen molar-refractivity contribution in [2.75, 3.05) is 0 Å². The van der Waals surface area contributed by atoms with Crippen LogP contribution in [0.5, 0.6) is 0 Å². The third kappa shape index (κ3) is 2.74. The van der Waals surface area contributed by atoms with Gasteiger partial charge in [0.1, 0.15) is 5.60 Å². The highest BCUT2D eigenvalue weighted by Gasteiger charge is 2.65. The van der Waals surface area contributed by atoms with Crippen LogP contribution in [0.15, 0.2) is 0 Å². The Morgan fingerprint density at radius 2 is 1.88 bits per heavy atom. The van der Waals surface area contributed by atoms with Crippen LogP contribution in [-0.2, 0) is 19.0 Å². The molecule has 0 aromatic carbocycles. The van der Waals surface area contributed by atoms with Gasteiger partial charge >= 0.3 is 5.97 Å². The summed E-state index contributed by atoms with van der Waals surface area (Å²) in [5, 5.41) is 0. The minimum atomic E-state index is -0.416. The molecule has 1 unspecified atom stereocenters. The highest BCUT2D eigenvalue weighted by atomic mass is 16.6. The van der Waals surface area contributed by atoms with Crippen molar-refractivity contribution >= 4 is 5.97 Å². The Labute approximate surface area is 158 Å². The molecule has 4 rings (SSSR count). The van der Waals surface area contributed by atoms with E-state index in [4.69, 9.17) is 14.2 Å². The van der Waals surface area contributed by atoms with Gasteiger partial charge in [0.2, 0.25) is 0 Å². The zero-order valence-electron chi connectivity index (χ0n) is 17.3.